The molecular weight excluding hydrogens is 180 g/mol. The van der Waals surface area contributed by atoms with Crippen LogP contribution in [0.3, 0.4) is 0 Å². The van der Waals surface area contributed by atoms with Crippen molar-refractivity contribution in [2.24, 2.45) is 4.99 Å². The third-order valence-corrected chi connectivity index (χ3v) is 1.81. The molecule has 0 atom stereocenters. The van der Waals surface area contributed by atoms with Crippen LogP contribution in [-0.4, -0.2) is 20.9 Å². The lowest BCUT2D eigenvalue weighted by molar-refractivity contribution is 0.403. The van der Waals surface area contributed by atoms with Gasteiger partial charge in [-0.25, -0.2) is 0 Å². The van der Waals surface area contributed by atoms with Crippen molar-refractivity contribution in [2.75, 3.05) is 14.2 Å². The highest BCUT2D eigenvalue weighted by atomic mass is 16.5. The molecule has 0 bridgehead atoms. The highest BCUT2D eigenvalue weighted by molar-refractivity contribution is 5.69. The molecule has 4 nitrogen and oxygen atoms in total. The molecule has 0 aromatic heterocycles. The molecule has 14 heavy (non-hydrogen) atoms. The van der Waals surface area contributed by atoms with Crippen LogP contribution in [0.25, 0.3) is 0 Å². The van der Waals surface area contributed by atoms with Crippen LogP contribution in [-0.2, 0) is 0 Å². The summed E-state index contributed by atoms with van der Waals surface area (Å²) in [4.78, 5) is 3.74. The number of rotatable bonds is 3. The van der Waals surface area contributed by atoms with Gasteiger partial charge in [-0.3, -0.25) is 4.99 Å². The first-order valence-corrected chi connectivity index (χ1v) is 3.90. The Labute approximate surface area is 82.4 Å². The van der Waals surface area contributed by atoms with Gasteiger partial charge in [-0.2, -0.15) is 5.26 Å². The van der Waals surface area contributed by atoms with Gasteiger partial charge < -0.3 is 9.47 Å². The van der Waals surface area contributed by atoms with Crippen molar-refractivity contribution in [1.29, 1.82) is 5.26 Å². The second-order valence-electron chi connectivity index (χ2n) is 2.46. The van der Waals surface area contributed by atoms with Crippen molar-refractivity contribution >= 4 is 12.4 Å². The number of methoxy groups -OCH3 is 2. The van der Waals surface area contributed by atoms with Crippen LogP contribution in [0.5, 0.6) is 11.5 Å². The zero-order chi connectivity index (χ0) is 10.6. The van der Waals surface area contributed by atoms with Crippen molar-refractivity contribution in [1.82, 2.24) is 0 Å². The molecule has 0 heterocycles. The van der Waals surface area contributed by atoms with Gasteiger partial charge in [0, 0.05) is 0 Å². The number of nitrogens with zero attached hydrogens (tertiary/aromatic N) is 2. The maximum atomic E-state index is 8.91. The molecule has 72 valence electrons. The number of ether oxygens (including phenoxy) is 2. The second kappa shape index (κ2) is 4.28. The van der Waals surface area contributed by atoms with E-state index in [9.17, 15) is 0 Å². The number of nitriles is 1. The van der Waals surface area contributed by atoms with Gasteiger partial charge in [-0.1, -0.05) is 0 Å². The standard InChI is InChI=1S/C10H10N2O2/c1-12-10-7(6-11)8(13-2)4-5-9(10)14-3/h4-5H,1H2,2-3H3. The van der Waals surface area contributed by atoms with E-state index in [1.54, 1.807) is 12.1 Å². The molecule has 0 aliphatic carbocycles. The lowest BCUT2D eigenvalue weighted by atomic mass is 10.1. The molecule has 4 heteroatoms. The van der Waals surface area contributed by atoms with Crippen LogP contribution in [0.1, 0.15) is 5.56 Å². The van der Waals surface area contributed by atoms with Gasteiger partial charge in [0.2, 0.25) is 0 Å². The summed E-state index contributed by atoms with van der Waals surface area (Å²) in [5.74, 6) is 0.980. The van der Waals surface area contributed by atoms with E-state index in [1.807, 2.05) is 6.07 Å². The summed E-state index contributed by atoms with van der Waals surface area (Å²) in [6.45, 7) is 3.39. The van der Waals surface area contributed by atoms with Gasteiger partial charge in [-0.05, 0) is 18.9 Å². The Morgan fingerprint density at radius 3 is 2.29 bits per heavy atom. The third-order valence-electron chi connectivity index (χ3n) is 1.81. The van der Waals surface area contributed by atoms with Gasteiger partial charge >= 0.3 is 0 Å². The van der Waals surface area contributed by atoms with Crippen LogP contribution >= 0.6 is 0 Å². The molecule has 0 aliphatic heterocycles. The Bertz CT molecular complexity index is 394. The van der Waals surface area contributed by atoms with Crippen LogP contribution in [0.4, 0.5) is 5.69 Å². The molecule has 0 aliphatic rings. The lowest BCUT2D eigenvalue weighted by Gasteiger charge is -2.08. The van der Waals surface area contributed by atoms with Gasteiger partial charge in [0.25, 0.3) is 0 Å². The van der Waals surface area contributed by atoms with Crippen LogP contribution in [0, 0.1) is 11.3 Å². The van der Waals surface area contributed by atoms with E-state index >= 15 is 0 Å². The molecule has 1 rings (SSSR count). The maximum Gasteiger partial charge on any atom is 0.146 e. The van der Waals surface area contributed by atoms with Gasteiger partial charge in [0.05, 0.1) is 14.2 Å². The van der Waals surface area contributed by atoms with Gasteiger partial charge in [-0.15, -0.1) is 0 Å². The maximum absolute atomic E-state index is 8.91. The van der Waals surface area contributed by atoms with E-state index in [0.29, 0.717) is 22.7 Å². The minimum absolute atomic E-state index is 0.335. The second-order valence-corrected chi connectivity index (χ2v) is 2.46. The normalized spacial score (nSPS) is 8.93. The van der Waals surface area contributed by atoms with Crippen LogP contribution in [0.15, 0.2) is 17.1 Å². The Kier molecular flexibility index (Phi) is 3.08. The summed E-state index contributed by atoms with van der Waals surface area (Å²) < 4.78 is 10.1. The zero-order valence-electron chi connectivity index (χ0n) is 8.07. The third kappa shape index (κ3) is 1.52. The molecule has 0 radical (unpaired) electrons. The minimum Gasteiger partial charge on any atom is -0.495 e. The van der Waals surface area contributed by atoms with Gasteiger partial charge in [0.15, 0.2) is 0 Å². The predicted molar refractivity (Wildman–Crippen MR) is 53.5 cm³/mol. The summed E-state index contributed by atoms with van der Waals surface area (Å²) in [7, 11) is 3.01. The van der Waals surface area contributed by atoms with E-state index in [2.05, 4.69) is 11.7 Å². The first kappa shape index (κ1) is 10.1. The molecule has 0 fully saturated rings. The first-order chi connectivity index (χ1) is 6.78. The van der Waals surface area contributed by atoms with Crippen molar-refractivity contribution in [3.63, 3.8) is 0 Å². The molecule has 0 unspecified atom stereocenters. The van der Waals surface area contributed by atoms with Crippen molar-refractivity contribution in [2.45, 2.75) is 0 Å². The minimum atomic E-state index is 0.335. The average molecular weight is 190 g/mol. The Morgan fingerprint density at radius 1 is 1.29 bits per heavy atom. The Morgan fingerprint density at radius 2 is 1.86 bits per heavy atom. The van der Waals surface area contributed by atoms with Gasteiger partial charge in [0.1, 0.15) is 28.8 Å². The summed E-state index contributed by atoms with van der Waals surface area (Å²) in [6.07, 6.45) is 0. The Balaban J connectivity index is 3.45. The van der Waals surface area contributed by atoms with E-state index in [4.69, 9.17) is 14.7 Å². The largest absolute Gasteiger partial charge is 0.495 e. The van der Waals surface area contributed by atoms with E-state index < -0.39 is 0 Å². The first-order valence-electron chi connectivity index (χ1n) is 3.90. The topological polar surface area (TPSA) is 54.6 Å². The zero-order valence-corrected chi connectivity index (χ0v) is 8.07. The fourth-order valence-corrected chi connectivity index (χ4v) is 1.15. The molecular formula is C10H10N2O2. The predicted octanol–water partition coefficient (Wildman–Crippen LogP) is 1.91. The fourth-order valence-electron chi connectivity index (χ4n) is 1.15. The quantitative estimate of drug-likeness (QED) is 0.684. The molecule has 0 N–H and O–H groups in total. The number of aliphatic imine (C=N–C) groups is 1. The smallest absolute Gasteiger partial charge is 0.146 e. The fraction of sp³-hybridized carbons (Fsp3) is 0.200. The van der Waals surface area contributed by atoms with E-state index in [0.717, 1.165) is 0 Å². The summed E-state index contributed by atoms with van der Waals surface area (Å²) >= 11 is 0. The number of hydrogen-bond donors (Lipinski definition) is 0. The van der Waals surface area contributed by atoms with Crippen molar-refractivity contribution < 1.29 is 9.47 Å². The molecule has 0 amide bonds. The summed E-state index contributed by atoms with van der Waals surface area (Å²) in [5.41, 5.74) is 0.746. The highest BCUT2D eigenvalue weighted by Gasteiger charge is 2.12. The van der Waals surface area contributed by atoms with Crippen LogP contribution < -0.4 is 9.47 Å². The molecule has 0 saturated carbocycles. The summed E-state index contributed by atoms with van der Waals surface area (Å²) in [5, 5.41) is 8.91. The van der Waals surface area contributed by atoms with Crippen molar-refractivity contribution in [3.8, 4) is 17.6 Å². The molecule has 0 saturated heterocycles. The SMILES string of the molecule is C=Nc1c(OC)ccc(OC)c1C#N. The Hall–Kier alpha value is -2.02. The van der Waals surface area contributed by atoms with E-state index in [-0.39, 0.29) is 0 Å². The van der Waals surface area contributed by atoms with Crippen LogP contribution in [0.2, 0.25) is 0 Å². The summed E-state index contributed by atoms with van der Waals surface area (Å²) in [6, 6.07) is 5.35. The van der Waals surface area contributed by atoms with Crippen molar-refractivity contribution in [3.05, 3.63) is 17.7 Å². The highest BCUT2D eigenvalue weighted by Crippen LogP contribution is 2.36. The van der Waals surface area contributed by atoms with E-state index in [1.165, 1.54) is 14.2 Å². The monoisotopic (exact) mass is 190 g/mol. The number of benzene rings is 1. The molecule has 1 aromatic rings. The number of hydrogen-bond acceptors (Lipinski definition) is 4. The lowest BCUT2D eigenvalue weighted by Crippen LogP contribution is -1.91. The molecule has 1 aromatic carbocycles. The average Bonchev–Trinajstić information content (AvgIpc) is 2.26. The molecule has 0 spiro atoms.